The van der Waals surface area contributed by atoms with Crippen LogP contribution in [-0.2, 0) is 4.79 Å². The molecule has 0 unspecified atom stereocenters. The lowest BCUT2D eigenvalue weighted by Crippen LogP contribution is -2.52. The van der Waals surface area contributed by atoms with Crippen LogP contribution in [-0.4, -0.2) is 30.3 Å². The molecule has 2 heteroatoms. The summed E-state index contributed by atoms with van der Waals surface area (Å²) in [6.45, 7) is 11.4. The number of likely N-dealkylation sites (tertiary alicyclic amines) is 1. The van der Waals surface area contributed by atoms with Gasteiger partial charge in [0, 0.05) is 25.6 Å². The van der Waals surface area contributed by atoms with E-state index >= 15 is 0 Å². The van der Waals surface area contributed by atoms with Crippen LogP contribution in [0.5, 0.6) is 0 Å². The lowest BCUT2D eigenvalue weighted by atomic mass is 9.90. The molecular formula is C10H19NO. The van der Waals surface area contributed by atoms with Crippen molar-refractivity contribution in [2.24, 2.45) is 11.3 Å². The second-order valence-electron chi connectivity index (χ2n) is 5.06. The minimum atomic E-state index is 0.326. The molecule has 0 aromatic heterocycles. The van der Waals surface area contributed by atoms with Gasteiger partial charge in [0.25, 0.3) is 0 Å². The number of carbonyl (C=O) groups excluding carboxylic acids is 1. The Hall–Kier alpha value is -0.370. The van der Waals surface area contributed by atoms with E-state index in [1.165, 1.54) is 0 Å². The third kappa shape index (κ3) is 2.59. The summed E-state index contributed by atoms with van der Waals surface area (Å²) < 4.78 is 0. The van der Waals surface area contributed by atoms with Crippen molar-refractivity contribution in [2.45, 2.75) is 27.7 Å². The smallest absolute Gasteiger partial charge is 0.135 e. The highest BCUT2D eigenvalue weighted by atomic mass is 16.1. The Kier molecular flexibility index (Phi) is 2.57. The van der Waals surface area contributed by atoms with Crippen LogP contribution in [0.25, 0.3) is 0 Å². The van der Waals surface area contributed by atoms with Crippen LogP contribution in [0.1, 0.15) is 27.7 Å². The van der Waals surface area contributed by atoms with Crippen LogP contribution >= 0.6 is 0 Å². The fraction of sp³-hybridized carbons (Fsp3) is 0.900. The zero-order valence-electron chi connectivity index (χ0n) is 8.55. The van der Waals surface area contributed by atoms with E-state index < -0.39 is 0 Å². The lowest BCUT2D eigenvalue weighted by molar-refractivity contribution is -0.126. The maximum atomic E-state index is 10.9. The minimum Gasteiger partial charge on any atom is -0.301 e. The van der Waals surface area contributed by atoms with Gasteiger partial charge in [-0.15, -0.1) is 0 Å². The van der Waals surface area contributed by atoms with E-state index in [1.807, 2.05) is 0 Å². The number of hydrogen-bond acceptors (Lipinski definition) is 2. The molecule has 1 fully saturated rings. The molecule has 0 aliphatic carbocycles. The van der Waals surface area contributed by atoms with Crippen molar-refractivity contribution in [3.63, 3.8) is 0 Å². The fourth-order valence-electron chi connectivity index (χ4n) is 1.63. The Balaban J connectivity index is 2.22. The first-order chi connectivity index (χ1) is 5.38. The normalized spacial score (nSPS) is 20.7. The third-order valence-electron chi connectivity index (χ3n) is 2.23. The number of nitrogens with zero attached hydrogens (tertiary/aromatic N) is 1. The molecule has 1 saturated heterocycles. The van der Waals surface area contributed by atoms with Crippen molar-refractivity contribution in [3.05, 3.63) is 0 Å². The van der Waals surface area contributed by atoms with E-state index in [0.29, 0.717) is 17.1 Å². The zero-order valence-corrected chi connectivity index (χ0v) is 8.55. The van der Waals surface area contributed by atoms with Gasteiger partial charge in [0.15, 0.2) is 0 Å². The number of rotatable bonds is 2. The van der Waals surface area contributed by atoms with Crippen molar-refractivity contribution in [2.75, 3.05) is 19.6 Å². The highest BCUT2D eigenvalue weighted by Gasteiger charge is 2.31. The van der Waals surface area contributed by atoms with E-state index in [1.54, 1.807) is 6.92 Å². The molecule has 0 spiro atoms. The van der Waals surface area contributed by atoms with Gasteiger partial charge in [0.1, 0.15) is 5.78 Å². The highest BCUT2D eigenvalue weighted by Crippen LogP contribution is 2.22. The van der Waals surface area contributed by atoms with Gasteiger partial charge in [-0.05, 0) is 12.3 Å². The van der Waals surface area contributed by atoms with Crippen LogP contribution in [0.2, 0.25) is 0 Å². The van der Waals surface area contributed by atoms with Crippen molar-refractivity contribution in [1.82, 2.24) is 4.90 Å². The first-order valence-electron chi connectivity index (χ1n) is 4.61. The van der Waals surface area contributed by atoms with E-state index in [4.69, 9.17) is 0 Å². The standard InChI is InChI=1S/C10H19NO/c1-8(12)9-5-11(6-9)7-10(2,3)4/h9H,5-7H2,1-4H3. The van der Waals surface area contributed by atoms with Gasteiger partial charge in [-0.1, -0.05) is 20.8 Å². The quantitative estimate of drug-likeness (QED) is 0.625. The third-order valence-corrected chi connectivity index (χ3v) is 2.23. The molecule has 70 valence electrons. The molecule has 2 nitrogen and oxygen atoms in total. The number of hydrogen-bond donors (Lipinski definition) is 0. The van der Waals surface area contributed by atoms with Crippen molar-refractivity contribution < 1.29 is 4.79 Å². The Labute approximate surface area is 74.9 Å². The van der Waals surface area contributed by atoms with E-state index in [0.717, 1.165) is 19.6 Å². The summed E-state index contributed by atoms with van der Waals surface area (Å²) in [4.78, 5) is 13.3. The molecule has 0 saturated carbocycles. The molecule has 0 aromatic carbocycles. The zero-order chi connectivity index (χ0) is 9.35. The predicted molar refractivity (Wildman–Crippen MR) is 50.1 cm³/mol. The summed E-state index contributed by atoms with van der Waals surface area (Å²) in [5.74, 6) is 0.674. The Morgan fingerprint density at radius 3 is 2.25 bits per heavy atom. The lowest BCUT2D eigenvalue weighted by Gasteiger charge is -2.41. The molecule has 0 bridgehead atoms. The summed E-state index contributed by atoms with van der Waals surface area (Å²) in [6, 6.07) is 0. The first kappa shape index (κ1) is 9.72. The molecular weight excluding hydrogens is 150 g/mol. The van der Waals surface area contributed by atoms with Crippen LogP contribution < -0.4 is 0 Å². The second-order valence-corrected chi connectivity index (χ2v) is 5.06. The second kappa shape index (κ2) is 3.17. The molecule has 0 radical (unpaired) electrons. The van der Waals surface area contributed by atoms with Crippen LogP contribution in [0, 0.1) is 11.3 Å². The largest absolute Gasteiger partial charge is 0.301 e. The van der Waals surface area contributed by atoms with E-state index in [9.17, 15) is 4.79 Å². The van der Waals surface area contributed by atoms with Crippen molar-refractivity contribution >= 4 is 5.78 Å². The summed E-state index contributed by atoms with van der Waals surface area (Å²) in [5.41, 5.74) is 0.363. The Bertz CT molecular complexity index is 175. The molecule has 0 aromatic rings. The van der Waals surface area contributed by atoms with Crippen molar-refractivity contribution in [1.29, 1.82) is 0 Å². The summed E-state index contributed by atoms with van der Waals surface area (Å²) in [7, 11) is 0. The molecule has 1 heterocycles. The topological polar surface area (TPSA) is 20.3 Å². The van der Waals surface area contributed by atoms with E-state index in [2.05, 4.69) is 25.7 Å². The monoisotopic (exact) mass is 169 g/mol. The molecule has 1 aliphatic heterocycles. The van der Waals surface area contributed by atoms with E-state index in [-0.39, 0.29) is 0 Å². The van der Waals surface area contributed by atoms with Gasteiger partial charge in [0.05, 0.1) is 0 Å². The summed E-state index contributed by atoms with van der Waals surface area (Å²) in [5, 5.41) is 0. The predicted octanol–water partition coefficient (Wildman–Crippen LogP) is 1.55. The summed E-state index contributed by atoms with van der Waals surface area (Å²) in [6.07, 6.45) is 0. The van der Waals surface area contributed by atoms with Crippen LogP contribution in [0.3, 0.4) is 0 Å². The maximum Gasteiger partial charge on any atom is 0.135 e. The van der Waals surface area contributed by atoms with Gasteiger partial charge in [-0.3, -0.25) is 4.79 Å². The number of Topliss-reactive ketones (excluding diaryl/α,β-unsaturated/α-hetero) is 1. The van der Waals surface area contributed by atoms with Crippen LogP contribution in [0.4, 0.5) is 0 Å². The van der Waals surface area contributed by atoms with Gasteiger partial charge in [-0.25, -0.2) is 0 Å². The summed E-state index contributed by atoms with van der Waals surface area (Å²) >= 11 is 0. The fourth-order valence-corrected chi connectivity index (χ4v) is 1.63. The highest BCUT2D eigenvalue weighted by molar-refractivity contribution is 5.79. The van der Waals surface area contributed by atoms with Crippen LogP contribution in [0.15, 0.2) is 0 Å². The van der Waals surface area contributed by atoms with Gasteiger partial charge in [-0.2, -0.15) is 0 Å². The minimum absolute atomic E-state index is 0.326. The number of ketones is 1. The van der Waals surface area contributed by atoms with Gasteiger partial charge < -0.3 is 4.90 Å². The molecule has 0 amide bonds. The van der Waals surface area contributed by atoms with Gasteiger partial charge in [0.2, 0.25) is 0 Å². The molecule has 0 atom stereocenters. The molecule has 0 N–H and O–H groups in total. The van der Waals surface area contributed by atoms with Gasteiger partial charge >= 0.3 is 0 Å². The molecule has 12 heavy (non-hydrogen) atoms. The van der Waals surface area contributed by atoms with Crippen molar-refractivity contribution in [3.8, 4) is 0 Å². The SMILES string of the molecule is CC(=O)C1CN(CC(C)(C)C)C1. The Morgan fingerprint density at radius 2 is 1.92 bits per heavy atom. The average Bonchev–Trinajstić information content (AvgIpc) is 1.74. The first-order valence-corrected chi connectivity index (χ1v) is 4.61. The molecule has 1 rings (SSSR count). The average molecular weight is 169 g/mol. The Morgan fingerprint density at radius 1 is 1.42 bits per heavy atom. The number of carbonyl (C=O) groups is 1. The molecule has 1 aliphatic rings. The maximum absolute atomic E-state index is 10.9.